The van der Waals surface area contributed by atoms with Gasteiger partial charge in [-0.25, -0.2) is 27.6 Å². The normalized spacial score (nSPS) is 11.4. The number of fused-ring (bicyclic) bond motifs is 1. The molecule has 4 rings (SSSR count). The number of anilines is 1. The summed E-state index contributed by atoms with van der Waals surface area (Å²) in [5.74, 6) is -3.37. The zero-order valence-electron chi connectivity index (χ0n) is 18.2. The Morgan fingerprint density at radius 3 is 2.63 bits per heavy atom. The van der Waals surface area contributed by atoms with Gasteiger partial charge in [-0.15, -0.1) is 0 Å². The van der Waals surface area contributed by atoms with Crippen molar-refractivity contribution in [1.29, 1.82) is 0 Å². The van der Waals surface area contributed by atoms with E-state index in [1.165, 1.54) is 30.6 Å². The van der Waals surface area contributed by atoms with E-state index < -0.39 is 38.9 Å². The lowest BCUT2D eigenvalue weighted by atomic mass is 9.99. The number of nitrogens with zero attached hydrogens (tertiary/aromatic N) is 2. The van der Waals surface area contributed by atoms with Gasteiger partial charge in [0.1, 0.15) is 11.3 Å². The van der Waals surface area contributed by atoms with Crippen LogP contribution in [0, 0.1) is 12.7 Å². The second-order valence-corrected chi connectivity index (χ2v) is 9.22. The SMILES string of the molecule is Cc1c(Cc2cccc(NS(=O)(=O)CC(=O)O)c2F)c(=O)oc2cc(Oc3ncccn3)ccc12. The van der Waals surface area contributed by atoms with Crippen LogP contribution in [0.25, 0.3) is 11.0 Å². The predicted octanol–water partition coefficient (Wildman–Crippen LogP) is 3.24. The Bertz CT molecular complexity index is 1590. The maximum absolute atomic E-state index is 15.0. The summed E-state index contributed by atoms with van der Waals surface area (Å²) < 4.78 is 51.7. The van der Waals surface area contributed by atoms with Crippen LogP contribution in [0.15, 0.2) is 64.1 Å². The molecule has 0 bridgehead atoms. The van der Waals surface area contributed by atoms with E-state index in [9.17, 15) is 18.0 Å². The summed E-state index contributed by atoms with van der Waals surface area (Å²) in [6, 6.07) is 10.6. The first-order valence-corrected chi connectivity index (χ1v) is 11.8. The zero-order valence-corrected chi connectivity index (χ0v) is 19.0. The molecule has 12 heteroatoms. The summed E-state index contributed by atoms with van der Waals surface area (Å²) in [5, 5.41) is 9.31. The van der Waals surface area contributed by atoms with Crippen molar-refractivity contribution in [3.05, 3.63) is 87.8 Å². The van der Waals surface area contributed by atoms with E-state index in [0.29, 0.717) is 16.7 Å². The molecule has 0 saturated carbocycles. The molecule has 0 amide bonds. The molecule has 35 heavy (non-hydrogen) atoms. The number of carboxylic acids is 1. The van der Waals surface area contributed by atoms with Crippen LogP contribution in [-0.2, 0) is 21.2 Å². The zero-order chi connectivity index (χ0) is 25.2. The molecule has 0 saturated heterocycles. The van der Waals surface area contributed by atoms with Crippen LogP contribution in [0.1, 0.15) is 16.7 Å². The minimum Gasteiger partial charge on any atom is -0.480 e. The molecule has 2 N–H and O–H groups in total. The van der Waals surface area contributed by atoms with E-state index in [1.807, 2.05) is 4.72 Å². The fourth-order valence-electron chi connectivity index (χ4n) is 3.44. The molecule has 0 unspecified atom stereocenters. The molecule has 0 aliphatic rings. The number of aromatic nitrogens is 2. The minimum absolute atomic E-state index is 0.0245. The van der Waals surface area contributed by atoms with E-state index in [2.05, 4.69) is 9.97 Å². The predicted molar refractivity (Wildman–Crippen MR) is 124 cm³/mol. The Morgan fingerprint density at radius 1 is 1.17 bits per heavy atom. The summed E-state index contributed by atoms with van der Waals surface area (Å²) in [5.41, 5.74) is -0.107. The van der Waals surface area contributed by atoms with Gasteiger partial charge in [0, 0.05) is 35.8 Å². The molecule has 2 aromatic carbocycles. The average Bonchev–Trinajstić information content (AvgIpc) is 2.78. The fraction of sp³-hybridized carbons (Fsp3) is 0.130. The van der Waals surface area contributed by atoms with E-state index in [4.69, 9.17) is 14.3 Å². The average molecular weight is 499 g/mol. The quantitative estimate of drug-likeness (QED) is 0.348. The Hall–Kier alpha value is -4.32. The molecule has 0 fully saturated rings. The highest BCUT2D eigenvalue weighted by atomic mass is 32.2. The number of benzene rings is 2. The second kappa shape index (κ2) is 9.50. The number of hydrogen-bond acceptors (Lipinski definition) is 8. The van der Waals surface area contributed by atoms with Gasteiger partial charge in [0.2, 0.25) is 10.0 Å². The van der Waals surface area contributed by atoms with Gasteiger partial charge in [-0.05, 0) is 42.3 Å². The van der Waals surface area contributed by atoms with Crippen molar-refractivity contribution in [2.45, 2.75) is 13.3 Å². The lowest BCUT2D eigenvalue weighted by molar-refractivity contribution is -0.134. The monoisotopic (exact) mass is 499 g/mol. The van der Waals surface area contributed by atoms with Gasteiger partial charge in [0.25, 0.3) is 0 Å². The first kappa shape index (κ1) is 23.8. The van der Waals surface area contributed by atoms with Gasteiger partial charge in [0.05, 0.1) is 5.69 Å². The topological polar surface area (TPSA) is 149 Å². The number of ether oxygens (including phenoxy) is 1. The van der Waals surface area contributed by atoms with Gasteiger partial charge < -0.3 is 14.3 Å². The first-order chi connectivity index (χ1) is 16.6. The minimum atomic E-state index is -4.31. The van der Waals surface area contributed by atoms with Crippen LogP contribution in [0.5, 0.6) is 11.8 Å². The van der Waals surface area contributed by atoms with Crippen molar-refractivity contribution in [2.24, 2.45) is 0 Å². The molecule has 2 aromatic heterocycles. The molecule has 0 aliphatic heterocycles. The van der Waals surface area contributed by atoms with Crippen LogP contribution >= 0.6 is 0 Å². The van der Waals surface area contributed by atoms with Crippen LogP contribution in [0.4, 0.5) is 10.1 Å². The molecule has 2 heterocycles. The van der Waals surface area contributed by atoms with Gasteiger partial charge in [0.15, 0.2) is 11.6 Å². The van der Waals surface area contributed by atoms with E-state index in [-0.39, 0.29) is 29.1 Å². The largest absolute Gasteiger partial charge is 0.480 e. The third-order valence-electron chi connectivity index (χ3n) is 5.03. The maximum atomic E-state index is 15.0. The standard InChI is InChI=1S/C23H18FN3O7S/c1-13-16-7-6-15(33-23-25-8-3-9-26-23)11-19(16)34-22(30)17(13)10-14-4-2-5-18(21(14)24)27-35(31,32)12-20(28)29/h2-9,11,27H,10,12H2,1H3,(H,28,29). The maximum Gasteiger partial charge on any atom is 0.340 e. The van der Waals surface area contributed by atoms with E-state index in [0.717, 1.165) is 6.07 Å². The number of hydrogen-bond donors (Lipinski definition) is 2. The summed E-state index contributed by atoms with van der Waals surface area (Å²) in [7, 11) is -4.31. The Balaban J connectivity index is 1.65. The highest BCUT2D eigenvalue weighted by Crippen LogP contribution is 2.28. The number of aryl methyl sites for hydroxylation is 1. The van der Waals surface area contributed by atoms with Crippen molar-refractivity contribution in [1.82, 2.24) is 9.97 Å². The molecule has 0 atom stereocenters. The van der Waals surface area contributed by atoms with Crippen LogP contribution in [0.2, 0.25) is 0 Å². The number of rotatable bonds is 8. The number of halogens is 1. The van der Waals surface area contributed by atoms with Crippen molar-refractivity contribution >= 4 is 32.6 Å². The molecular formula is C23H18FN3O7S. The molecule has 0 spiro atoms. The Morgan fingerprint density at radius 2 is 1.91 bits per heavy atom. The number of sulfonamides is 1. The summed E-state index contributed by atoms with van der Waals surface area (Å²) in [4.78, 5) is 31.4. The van der Waals surface area contributed by atoms with Crippen molar-refractivity contribution in [2.75, 3.05) is 10.5 Å². The molecule has 0 radical (unpaired) electrons. The van der Waals surface area contributed by atoms with Crippen molar-refractivity contribution in [3.63, 3.8) is 0 Å². The van der Waals surface area contributed by atoms with Gasteiger partial charge in [-0.2, -0.15) is 0 Å². The van der Waals surface area contributed by atoms with E-state index >= 15 is 4.39 Å². The number of aliphatic carboxylic acids is 1. The molecular weight excluding hydrogens is 481 g/mol. The van der Waals surface area contributed by atoms with Gasteiger partial charge in [-0.1, -0.05) is 12.1 Å². The molecule has 0 aliphatic carbocycles. The lowest BCUT2D eigenvalue weighted by Crippen LogP contribution is -2.23. The lowest BCUT2D eigenvalue weighted by Gasteiger charge is -2.12. The van der Waals surface area contributed by atoms with Crippen molar-refractivity contribution < 1.29 is 31.9 Å². The van der Waals surface area contributed by atoms with Crippen LogP contribution in [-0.4, -0.2) is 35.2 Å². The summed E-state index contributed by atoms with van der Waals surface area (Å²) >= 11 is 0. The first-order valence-electron chi connectivity index (χ1n) is 10.1. The number of nitrogens with one attached hydrogen (secondary N) is 1. The third kappa shape index (κ3) is 5.44. The summed E-state index contributed by atoms with van der Waals surface area (Å²) in [6.45, 7) is 1.69. The second-order valence-electron chi connectivity index (χ2n) is 7.49. The van der Waals surface area contributed by atoms with E-state index in [1.54, 1.807) is 25.1 Å². The molecule has 10 nitrogen and oxygen atoms in total. The van der Waals surface area contributed by atoms with Gasteiger partial charge >= 0.3 is 17.6 Å². The van der Waals surface area contributed by atoms with Gasteiger partial charge in [-0.3, -0.25) is 9.52 Å². The smallest absolute Gasteiger partial charge is 0.340 e. The number of carbonyl (C=O) groups is 1. The Kier molecular flexibility index (Phi) is 6.47. The van der Waals surface area contributed by atoms with Crippen LogP contribution < -0.4 is 15.1 Å². The molecule has 180 valence electrons. The fourth-order valence-corrected chi connectivity index (χ4v) is 4.33. The highest BCUT2D eigenvalue weighted by molar-refractivity contribution is 7.93. The highest BCUT2D eigenvalue weighted by Gasteiger charge is 2.20. The summed E-state index contributed by atoms with van der Waals surface area (Å²) in [6.07, 6.45) is 2.86. The Labute approximate surface area is 198 Å². The van der Waals surface area contributed by atoms with Crippen molar-refractivity contribution in [3.8, 4) is 11.8 Å². The number of carboxylic acid groups (broad SMARTS) is 1. The van der Waals surface area contributed by atoms with Crippen LogP contribution in [0.3, 0.4) is 0 Å². The molecule has 4 aromatic rings. The third-order valence-corrected chi connectivity index (χ3v) is 6.19.